The maximum absolute atomic E-state index is 13.8. The summed E-state index contributed by atoms with van der Waals surface area (Å²) in [7, 11) is 1.29. The minimum absolute atomic E-state index is 0.0927. The summed E-state index contributed by atoms with van der Waals surface area (Å²) in [4.78, 5) is 16.7. The van der Waals surface area contributed by atoms with Crippen LogP contribution >= 0.6 is 11.3 Å². The van der Waals surface area contributed by atoms with Crippen LogP contribution in [0.1, 0.15) is 33.9 Å². The number of hydrogen-bond donors (Lipinski definition) is 1. The first-order valence-electron chi connectivity index (χ1n) is 6.07. The number of thiazole rings is 1. The van der Waals surface area contributed by atoms with E-state index in [2.05, 4.69) is 15.0 Å². The molecule has 0 aliphatic heterocycles. The SMILES string of the molecule is COC(=O)c1ccc(F)c(NC(C)c2scnc2C)c1. The van der Waals surface area contributed by atoms with Crippen LogP contribution in [0.2, 0.25) is 0 Å². The predicted molar refractivity (Wildman–Crippen MR) is 76.6 cm³/mol. The van der Waals surface area contributed by atoms with Gasteiger partial charge in [0, 0.05) is 4.88 Å². The van der Waals surface area contributed by atoms with Crippen LogP contribution < -0.4 is 5.32 Å². The molecule has 0 aliphatic rings. The van der Waals surface area contributed by atoms with Gasteiger partial charge in [-0.25, -0.2) is 14.2 Å². The third-order valence-electron chi connectivity index (χ3n) is 2.94. The Labute approximate surface area is 120 Å². The molecule has 4 nitrogen and oxygen atoms in total. The number of nitrogens with one attached hydrogen (secondary N) is 1. The van der Waals surface area contributed by atoms with Gasteiger partial charge in [-0.1, -0.05) is 0 Å². The van der Waals surface area contributed by atoms with E-state index in [1.165, 1.54) is 36.6 Å². The second-order valence-electron chi connectivity index (χ2n) is 4.35. The van der Waals surface area contributed by atoms with Crippen LogP contribution in [0.4, 0.5) is 10.1 Å². The molecule has 0 amide bonds. The van der Waals surface area contributed by atoms with Gasteiger partial charge < -0.3 is 10.1 Å². The van der Waals surface area contributed by atoms with E-state index in [0.29, 0.717) is 5.56 Å². The lowest BCUT2D eigenvalue weighted by Gasteiger charge is -2.15. The van der Waals surface area contributed by atoms with Gasteiger partial charge in [-0.2, -0.15) is 0 Å². The Bertz CT molecular complexity index is 627. The average Bonchev–Trinajstić information content (AvgIpc) is 2.86. The van der Waals surface area contributed by atoms with Crippen LogP contribution in [-0.4, -0.2) is 18.1 Å². The van der Waals surface area contributed by atoms with E-state index in [4.69, 9.17) is 0 Å². The molecule has 1 unspecified atom stereocenters. The van der Waals surface area contributed by atoms with Crippen molar-refractivity contribution in [2.45, 2.75) is 19.9 Å². The number of rotatable bonds is 4. The van der Waals surface area contributed by atoms with Gasteiger partial charge in [0.25, 0.3) is 0 Å². The second-order valence-corrected chi connectivity index (χ2v) is 5.24. The van der Waals surface area contributed by atoms with Crippen LogP contribution in [-0.2, 0) is 4.74 Å². The summed E-state index contributed by atoms with van der Waals surface area (Å²) < 4.78 is 18.4. The molecular weight excluding hydrogens is 279 g/mol. The van der Waals surface area contributed by atoms with Gasteiger partial charge in [0.15, 0.2) is 0 Å². The fourth-order valence-corrected chi connectivity index (χ4v) is 2.72. The molecule has 0 bridgehead atoms. The van der Waals surface area contributed by atoms with Gasteiger partial charge in [0.05, 0.1) is 35.6 Å². The Kier molecular flexibility index (Phi) is 4.34. The lowest BCUT2D eigenvalue weighted by Crippen LogP contribution is -2.09. The number of esters is 1. The van der Waals surface area contributed by atoms with Gasteiger partial charge in [-0.15, -0.1) is 11.3 Å². The summed E-state index contributed by atoms with van der Waals surface area (Å²) >= 11 is 1.51. The van der Waals surface area contributed by atoms with Crippen molar-refractivity contribution in [2.24, 2.45) is 0 Å². The number of anilines is 1. The molecule has 0 fully saturated rings. The Hall–Kier alpha value is -1.95. The summed E-state index contributed by atoms with van der Waals surface area (Å²) in [6, 6.07) is 4.01. The maximum Gasteiger partial charge on any atom is 0.337 e. The highest BCUT2D eigenvalue weighted by Gasteiger charge is 2.15. The molecule has 1 aromatic heterocycles. The Morgan fingerprint density at radius 2 is 2.25 bits per heavy atom. The smallest absolute Gasteiger partial charge is 0.337 e. The standard InChI is InChI=1S/C14H15FN2O2S/c1-8-13(20-7-16-8)9(2)17-12-6-10(14(18)19-3)4-5-11(12)15/h4-7,9,17H,1-3H3. The van der Waals surface area contributed by atoms with Gasteiger partial charge in [-0.05, 0) is 32.0 Å². The van der Waals surface area contributed by atoms with Gasteiger partial charge in [-0.3, -0.25) is 0 Å². The van der Waals surface area contributed by atoms with Crippen molar-refractivity contribution < 1.29 is 13.9 Å². The number of hydrogen-bond acceptors (Lipinski definition) is 5. The van der Waals surface area contributed by atoms with E-state index in [1.54, 1.807) is 5.51 Å². The van der Waals surface area contributed by atoms with Crippen molar-refractivity contribution in [2.75, 3.05) is 12.4 Å². The number of benzene rings is 1. The number of methoxy groups -OCH3 is 1. The maximum atomic E-state index is 13.8. The number of carbonyl (C=O) groups is 1. The molecule has 0 saturated heterocycles. The van der Waals surface area contributed by atoms with Crippen molar-refractivity contribution in [3.05, 3.63) is 45.7 Å². The molecule has 1 aromatic carbocycles. The lowest BCUT2D eigenvalue weighted by molar-refractivity contribution is 0.0600. The Morgan fingerprint density at radius 1 is 1.50 bits per heavy atom. The Balaban J connectivity index is 2.24. The molecule has 0 radical (unpaired) electrons. The highest BCUT2D eigenvalue weighted by Crippen LogP contribution is 2.27. The molecule has 1 heterocycles. The monoisotopic (exact) mass is 294 g/mol. The van der Waals surface area contributed by atoms with Gasteiger partial charge in [0.2, 0.25) is 0 Å². The largest absolute Gasteiger partial charge is 0.465 e. The van der Waals surface area contributed by atoms with Crippen LogP contribution in [0.5, 0.6) is 0 Å². The molecule has 6 heteroatoms. The van der Waals surface area contributed by atoms with Crippen LogP contribution in [0.15, 0.2) is 23.7 Å². The zero-order valence-corrected chi connectivity index (χ0v) is 12.3. The molecule has 1 atom stereocenters. The van der Waals surface area contributed by atoms with Crippen molar-refractivity contribution in [3.63, 3.8) is 0 Å². The van der Waals surface area contributed by atoms with E-state index >= 15 is 0 Å². The summed E-state index contributed by atoms with van der Waals surface area (Å²) in [6.45, 7) is 3.83. The fourth-order valence-electron chi connectivity index (χ4n) is 1.91. The highest BCUT2D eigenvalue weighted by molar-refractivity contribution is 7.09. The summed E-state index contributed by atoms with van der Waals surface area (Å²) in [6.07, 6.45) is 0. The minimum atomic E-state index is -0.491. The van der Waals surface area contributed by atoms with E-state index in [1.807, 2.05) is 13.8 Å². The number of nitrogens with zero attached hydrogens (tertiary/aromatic N) is 1. The zero-order valence-electron chi connectivity index (χ0n) is 11.4. The van der Waals surface area contributed by atoms with Crippen LogP contribution in [0.25, 0.3) is 0 Å². The number of halogens is 1. The summed E-state index contributed by atoms with van der Waals surface area (Å²) in [5.41, 5.74) is 3.25. The molecule has 1 N–H and O–H groups in total. The second kappa shape index (κ2) is 6.00. The van der Waals surface area contributed by atoms with Gasteiger partial charge in [0.1, 0.15) is 5.82 Å². The average molecular weight is 294 g/mol. The number of aromatic nitrogens is 1. The van der Waals surface area contributed by atoms with Crippen LogP contribution in [0.3, 0.4) is 0 Å². The number of carbonyl (C=O) groups excluding carboxylic acids is 1. The van der Waals surface area contributed by atoms with E-state index in [9.17, 15) is 9.18 Å². The lowest BCUT2D eigenvalue weighted by atomic mass is 10.1. The third kappa shape index (κ3) is 2.96. The first-order chi connectivity index (χ1) is 9.52. The molecule has 2 rings (SSSR count). The van der Waals surface area contributed by atoms with Crippen molar-refractivity contribution in [1.82, 2.24) is 4.98 Å². The minimum Gasteiger partial charge on any atom is -0.465 e. The quantitative estimate of drug-likeness (QED) is 0.876. The number of ether oxygens (including phenoxy) is 1. The van der Waals surface area contributed by atoms with Crippen molar-refractivity contribution in [3.8, 4) is 0 Å². The van der Waals surface area contributed by atoms with E-state index in [0.717, 1.165) is 10.6 Å². The third-order valence-corrected chi connectivity index (χ3v) is 4.05. The molecule has 106 valence electrons. The molecule has 0 saturated carbocycles. The molecule has 2 aromatic rings. The predicted octanol–water partition coefficient (Wildman–Crippen LogP) is 3.55. The molecule has 0 aliphatic carbocycles. The fraction of sp³-hybridized carbons (Fsp3) is 0.286. The Morgan fingerprint density at radius 3 is 2.85 bits per heavy atom. The highest BCUT2D eigenvalue weighted by atomic mass is 32.1. The summed E-state index contributed by atoms with van der Waals surface area (Å²) in [5, 5.41) is 3.06. The molecular formula is C14H15FN2O2S. The van der Waals surface area contributed by atoms with Crippen molar-refractivity contribution >= 4 is 23.0 Å². The molecule has 20 heavy (non-hydrogen) atoms. The summed E-state index contributed by atoms with van der Waals surface area (Å²) in [5.74, 6) is -0.902. The normalized spacial score (nSPS) is 12.0. The topological polar surface area (TPSA) is 51.2 Å². The van der Waals surface area contributed by atoms with Gasteiger partial charge >= 0.3 is 5.97 Å². The first kappa shape index (κ1) is 14.5. The first-order valence-corrected chi connectivity index (χ1v) is 6.95. The van der Waals surface area contributed by atoms with E-state index < -0.39 is 11.8 Å². The molecule has 0 spiro atoms. The van der Waals surface area contributed by atoms with Crippen LogP contribution in [0, 0.1) is 12.7 Å². The van der Waals surface area contributed by atoms with Crippen molar-refractivity contribution in [1.29, 1.82) is 0 Å². The van der Waals surface area contributed by atoms with E-state index in [-0.39, 0.29) is 11.7 Å². The zero-order chi connectivity index (χ0) is 14.7. The number of aryl methyl sites for hydroxylation is 1.